The van der Waals surface area contributed by atoms with E-state index < -0.39 is 0 Å². The number of carbonyl (C=O) groups excluding carboxylic acids is 1. The van der Waals surface area contributed by atoms with Crippen molar-refractivity contribution in [2.75, 3.05) is 12.3 Å². The fourth-order valence-electron chi connectivity index (χ4n) is 1.86. The lowest BCUT2D eigenvalue weighted by molar-refractivity contribution is 0.0508. The van der Waals surface area contributed by atoms with Crippen LogP contribution in [0.2, 0.25) is 0 Å². The molecule has 19 heavy (non-hydrogen) atoms. The molecule has 2 rings (SSSR count). The second-order valence-corrected chi connectivity index (χ2v) is 5.32. The highest BCUT2D eigenvalue weighted by molar-refractivity contribution is 7.07. The van der Waals surface area contributed by atoms with Crippen molar-refractivity contribution >= 4 is 23.0 Å². The first kappa shape index (κ1) is 13.6. The van der Waals surface area contributed by atoms with Crippen LogP contribution in [0, 0.1) is 13.8 Å². The highest BCUT2D eigenvalue weighted by Crippen LogP contribution is 2.18. The summed E-state index contributed by atoms with van der Waals surface area (Å²) in [5.41, 5.74) is 10.1. The molecule has 0 aliphatic heterocycles. The van der Waals surface area contributed by atoms with Gasteiger partial charge in [0.15, 0.2) is 0 Å². The van der Waals surface area contributed by atoms with Crippen molar-refractivity contribution in [2.24, 2.45) is 0 Å². The normalized spacial score (nSPS) is 10.4. The van der Waals surface area contributed by atoms with Gasteiger partial charge >= 0.3 is 5.97 Å². The number of carbonyl (C=O) groups is 1. The van der Waals surface area contributed by atoms with Gasteiger partial charge in [-0.3, -0.25) is 0 Å². The molecular weight excluding hydrogens is 258 g/mol. The zero-order chi connectivity index (χ0) is 13.8. The summed E-state index contributed by atoms with van der Waals surface area (Å²) in [4.78, 5) is 12.0. The van der Waals surface area contributed by atoms with Crippen molar-refractivity contribution < 1.29 is 9.53 Å². The second-order valence-electron chi connectivity index (χ2n) is 4.54. The zero-order valence-corrected chi connectivity index (χ0v) is 11.9. The van der Waals surface area contributed by atoms with Gasteiger partial charge in [0.2, 0.25) is 0 Å². The molecule has 0 fully saturated rings. The van der Waals surface area contributed by atoms with E-state index in [2.05, 4.69) is 5.38 Å². The Morgan fingerprint density at radius 3 is 2.79 bits per heavy atom. The van der Waals surface area contributed by atoms with Crippen molar-refractivity contribution in [3.63, 3.8) is 0 Å². The summed E-state index contributed by atoms with van der Waals surface area (Å²) in [6.45, 7) is 4.21. The van der Waals surface area contributed by atoms with Crippen molar-refractivity contribution in [3.8, 4) is 0 Å². The number of nitrogen functional groups attached to an aromatic ring is 1. The minimum absolute atomic E-state index is 0.306. The van der Waals surface area contributed by atoms with E-state index in [1.165, 1.54) is 5.56 Å². The monoisotopic (exact) mass is 275 g/mol. The Kier molecular flexibility index (Phi) is 4.22. The van der Waals surface area contributed by atoms with E-state index in [1.54, 1.807) is 17.4 Å². The van der Waals surface area contributed by atoms with Crippen LogP contribution in [0.5, 0.6) is 0 Å². The van der Waals surface area contributed by atoms with E-state index in [4.69, 9.17) is 10.5 Å². The number of thiophene rings is 1. The van der Waals surface area contributed by atoms with Gasteiger partial charge in [-0.1, -0.05) is 6.07 Å². The summed E-state index contributed by atoms with van der Waals surface area (Å²) in [6, 6.07) is 5.63. The van der Waals surface area contributed by atoms with E-state index in [-0.39, 0.29) is 5.97 Å². The molecule has 0 unspecified atom stereocenters. The highest BCUT2D eigenvalue weighted by Gasteiger charge is 2.12. The molecule has 100 valence electrons. The van der Waals surface area contributed by atoms with Gasteiger partial charge in [0.05, 0.1) is 12.2 Å². The molecule has 0 aliphatic rings. The molecule has 3 nitrogen and oxygen atoms in total. The maximum Gasteiger partial charge on any atom is 0.338 e. The third kappa shape index (κ3) is 3.35. The van der Waals surface area contributed by atoms with Crippen molar-refractivity contribution in [3.05, 3.63) is 51.2 Å². The Hall–Kier alpha value is -1.81. The van der Waals surface area contributed by atoms with Gasteiger partial charge in [-0.2, -0.15) is 11.3 Å². The Morgan fingerprint density at radius 2 is 2.11 bits per heavy atom. The van der Waals surface area contributed by atoms with E-state index >= 15 is 0 Å². The third-order valence-electron chi connectivity index (χ3n) is 3.04. The molecule has 0 saturated heterocycles. The van der Waals surface area contributed by atoms with Crippen LogP contribution < -0.4 is 5.73 Å². The van der Waals surface area contributed by atoms with Gasteiger partial charge in [0.25, 0.3) is 0 Å². The average Bonchev–Trinajstić information content (AvgIpc) is 2.86. The fourth-order valence-corrected chi connectivity index (χ4v) is 2.57. The Labute approximate surface area is 117 Å². The van der Waals surface area contributed by atoms with E-state index in [0.717, 1.165) is 17.5 Å². The zero-order valence-electron chi connectivity index (χ0n) is 11.1. The van der Waals surface area contributed by atoms with Crippen LogP contribution in [0.25, 0.3) is 0 Å². The molecule has 1 aromatic heterocycles. The number of ether oxygens (including phenoxy) is 1. The first-order valence-electron chi connectivity index (χ1n) is 6.13. The van der Waals surface area contributed by atoms with Gasteiger partial charge < -0.3 is 10.5 Å². The molecule has 0 aliphatic carbocycles. The molecule has 2 N–H and O–H groups in total. The lowest BCUT2D eigenvalue weighted by Gasteiger charge is -2.09. The van der Waals surface area contributed by atoms with Crippen LogP contribution in [0.1, 0.15) is 27.0 Å². The number of nitrogens with two attached hydrogens (primary N) is 1. The molecule has 2 aromatic rings. The van der Waals surface area contributed by atoms with Crippen molar-refractivity contribution in [1.82, 2.24) is 0 Å². The highest BCUT2D eigenvalue weighted by atomic mass is 32.1. The van der Waals surface area contributed by atoms with Gasteiger partial charge in [-0.05, 0) is 53.4 Å². The van der Waals surface area contributed by atoms with E-state index in [0.29, 0.717) is 17.9 Å². The summed E-state index contributed by atoms with van der Waals surface area (Å²) in [7, 11) is 0. The van der Waals surface area contributed by atoms with Crippen LogP contribution in [0.3, 0.4) is 0 Å². The quantitative estimate of drug-likeness (QED) is 0.687. The third-order valence-corrected chi connectivity index (χ3v) is 3.77. The van der Waals surface area contributed by atoms with Crippen LogP contribution >= 0.6 is 11.3 Å². The molecule has 0 amide bonds. The van der Waals surface area contributed by atoms with Crippen LogP contribution in [-0.4, -0.2) is 12.6 Å². The smallest absolute Gasteiger partial charge is 0.338 e. The summed E-state index contributed by atoms with van der Waals surface area (Å²) < 4.78 is 5.29. The summed E-state index contributed by atoms with van der Waals surface area (Å²) >= 11 is 1.64. The fraction of sp³-hybridized carbons (Fsp3) is 0.267. The molecule has 0 spiro atoms. The Morgan fingerprint density at radius 1 is 1.32 bits per heavy atom. The van der Waals surface area contributed by atoms with Gasteiger partial charge in [0.1, 0.15) is 0 Å². The predicted molar refractivity (Wildman–Crippen MR) is 78.6 cm³/mol. The summed E-state index contributed by atoms with van der Waals surface area (Å²) in [5, 5.41) is 4.07. The van der Waals surface area contributed by atoms with E-state index in [9.17, 15) is 4.79 Å². The molecular formula is C15H17NO2S. The maximum atomic E-state index is 12.0. The van der Waals surface area contributed by atoms with Crippen molar-refractivity contribution in [1.29, 1.82) is 0 Å². The van der Waals surface area contributed by atoms with Crippen LogP contribution in [0.4, 0.5) is 5.69 Å². The lowest BCUT2D eigenvalue weighted by Crippen LogP contribution is -2.10. The first-order chi connectivity index (χ1) is 9.08. The molecule has 0 bridgehead atoms. The first-order valence-corrected chi connectivity index (χ1v) is 7.07. The largest absolute Gasteiger partial charge is 0.462 e. The SMILES string of the molecule is Cc1cc(C)c(C(=O)OCCc2ccsc2)cc1N. The number of aryl methyl sites for hydroxylation is 2. The van der Waals surface area contributed by atoms with Crippen LogP contribution in [-0.2, 0) is 11.2 Å². The molecule has 0 radical (unpaired) electrons. The number of hydrogen-bond donors (Lipinski definition) is 1. The van der Waals surface area contributed by atoms with E-state index in [1.807, 2.05) is 31.4 Å². The summed E-state index contributed by atoms with van der Waals surface area (Å²) in [5.74, 6) is -0.306. The van der Waals surface area contributed by atoms with Crippen LogP contribution in [0.15, 0.2) is 29.0 Å². The Balaban J connectivity index is 1.98. The lowest BCUT2D eigenvalue weighted by atomic mass is 10.0. The Bertz CT molecular complexity index is 576. The molecule has 0 saturated carbocycles. The number of rotatable bonds is 4. The minimum Gasteiger partial charge on any atom is -0.462 e. The number of anilines is 1. The predicted octanol–water partition coefficient (Wildman–Crippen LogP) is 3.35. The number of hydrogen-bond acceptors (Lipinski definition) is 4. The average molecular weight is 275 g/mol. The summed E-state index contributed by atoms with van der Waals surface area (Å²) in [6.07, 6.45) is 0.746. The molecule has 1 aromatic carbocycles. The van der Waals surface area contributed by atoms with Gasteiger partial charge in [-0.25, -0.2) is 4.79 Å². The van der Waals surface area contributed by atoms with Gasteiger partial charge in [-0.15, -0.1) is 0 Å². The number of esters is 1. The second kappa shape index (κ2) is 5.89. The number of benzene rings is 1. The molecule has 0 atom stereocenters. The maximum absolute atomic E-state index is 12.0. The molecule has 4 heteroatoms. The van der Waals surface area contributed by atoms with Gasteiger partial charge in [0, 0.05) is 12.1 Å². The minimum atomic E-state index is -0.306. The standard InChI is InChI=1S/C15H17NO2S/c1-10-7-11(2)14(16)8-13(10)15(17)18-5-3-12-4-6-19-9-12/h4,6-9H,3,5,16H2,1-2H3. The van der Waals surface area contributed by atoms with Crippen molar-refractivity contribution in [2.45, 2.75) is 20.3 Å². The topological polar surface area (TPSA) is 52.3 Å². The molecule has 1 heterocycles.